The molecule has 0 aromatic heterocycles. The van der Waals surface area contributed by atoms with Gasteiger partial charge in [-0.15, -0.1) is 0 Å². The van der Waals surface area contributed by atoms with Crippen molar-refractivity contribution in [3.05, 3.63) is 0 Å². The van der Waals surface area contributed by atoms with E-state index in [1.165, 1.54) is 44.9 Å². The molecule has 25 heavy (non-hydrogen) atoms. The number of likely N-dealkylation sites (tertiary alicyclic amines) is 1. The molecule has 1 N–H and O–H groups in total. The first-order valence-corrected chi connectivity index (χ1v) is 12.3. The number of hydrogen-bond acceptors (Lipinski definition) is 5. The van der Waals surface area contributed by atoms with E-state index in [1.54, 1.807) is 0 Å². The van der Waals surface area contributed by atoms with Crippen molar-refractivity contribution in [2.75, 3.05) is 26.0 Å². The maximum absolute atomic E-state index is 11.8. The molecule has 4 aliphatic rings. The minimum Gasteiger partial charge on any atom is -0.377 e. The Morgan fingerprint density at radius 2 is 1.76 bits per heavy atom. The topological polar surface area (TPSA) is 58.6 Å². The van der Waals surface area contributed by atoms with Gasteiger partial charge in [0.05, 0.1) is 17.5 Å². The van der Waals surface area contributed by atoms with Gasteiger partial charge in [0.15, 0.2) is 0 Å². The lowest BCUT2D eigenvalue weighted by Gasteiger charge is -2.43. The molecule has 0 bridgehead atoms. The number of sulfone groups is 1. The van der Waals surface area contributed by atoms with Crippen LogP contribution in [0.5, 0.6) is 0 Å². The molecular weight excluding hydrogens is 336 g/mol. The van der Waals surface area contributed by atoms with E-state index >= 15 is 0 Å². The molecule has 3 heterocycles. The lowest BCUT2D eigenvalue weighted by Crippen LogP contribution is -2.56. The molecule has 3 aliphatic heterocycles. The van der Waals surface area contributed by atoms with Gasteiger partial charge in [-0.1, -0.05) is 0 Å². The molecule has 144 valence electrons. The molecule has 4 rings (SSSR count). The van der Waals surface area contributed by atoms with E-state index in [0.717, 1.165) is 44.8 Å². The highest BCUT2D eigenvalue weighted by Gasteiger charge is 2.42. The molecule has 6 heteroatoms. The third kappa shape index (κ3) is 4.07. The zero-order valence-corrected chi connectivity index (χ0v) is 16.3. The number of hydrogen-bond donors (Lipinski definition) is 1. The summed E-state index contributed by atoms with van der Waals surface area (Å²) in [4.78, 5) is 2.63. The van der Waals surface area contributed by atoms with Gasteiger partial charge in [0.25, 0.3) is 0 Å². The second-order valence-electron chi connectivity index (χ2n) is 8.84. The van der Waals surface area contributed by atoms with Crippen LogP contribution in [-0.2, 0) is 14.6 Å². The summed E-state index contributed by atoms with van der Waals surface area (Å²) in [6, 6.07) is 0.576. The second-order valence-corrected chi connectivity index (χ2v) is 11.2. The van der Waals surface area contributed by atoms with E-state index in [-0.39, 0.29) is 5.25 Å². The molecule has 4 fully saturated rings. The Morgan fingerprint density at radius 1 is 1.00 bits per heavy atom. The molecule has 0 amide bonds. The average molecular weight is 371 g/mol. The summed E-state index contributed by atoms with van der Waals surface area (Å²) in [5, 5.41) is 3.89. The lowest BCUT2D eigenvalue weighted by atomic mass is 9.78. The molecule has 1 aliphatic carbocycles. The van der Waals surface area contributed by atoms with Gasteiger partial charge >= 0.3 is 0 Å². The Kier molecular flexibility index (Phi) is 5.43. The van der Waals surface area contributed by atoms with Crippen molar-refractivity contribution in [3.8, 4) is 0 Å². The fourth-order valence-corrected chi connectivity index (χ4v) is 6.84. The predicted molar refractivity (Wildman–Crippen MR) is 99.2 cm³/mol. The molecule has 4 atom stereocenters. The minimum absolute atomic E-state index is 0.0948. The van der Waals surface area contributed by atoms with Crippen molar-refractivity contribution in [3.63, 3.8) is 0 Å². The van der Waals surface area contributed by atoms with Gasteiger partial charge in [0.2, 0.25) is 0 Å². The van der Waals surface area contributed by atoms with E-state index in [1.807, 2.05) is 0 Å². The molecular formula is C19H34N2O3S. The van der Waals surface area contributed by atoms with Crippen molar-refractivity contribution in [1.29, 1.82) is 0 Å². The Bertz CT molecular complexity index is 553. The van der Waals surface area contributed by atoms with Gasteiger partial charge in [-0.25, -0.2) is 8.42 Å². The Labute approximate surface area is 152 Å². The summed E-state index contributed by atoms with van der Waals surface area (Å²) in [5.41, 5.74) is 0. The number of ether oxygens (including phenoxy) is 1. The number of rotatable bonds is 4. The average Bonchev–Trinajstić information content (AvgIpc) is 3.24. The first-order chi connectivity index (χ1) is 12.0. The van der Waals surface area contributed by atoms with Gasteiger partial charge in [-0.2, -0.15) is 0 Å². The van der Waals surface area contributed by atoms with Gasteiger partial charge in [-0.05, 0) is 69.6 Å². The van der Waals surface area contributed by atoms with Gasteiger partial charge in [0.1, 0.15) is 9.84 Å². The summed E-state index contributed by atoms with van der Waals surface area (Å²) >= 11 is 0. The van der Waals surface area contributed by atoms with E-state index < -0.39 is 9.84 Å². The van der Waals surface area contributed by atoms with Crippen molar-refractivity contribution in [1.82, 2.24) is 10.2 Å². The highest BCUT2D eigenvalue weighted by molar-refractivity contribution is 7.91. The summed E-state index contributed by atoms with van der Waals surface area (Å²) < 4.78 is 29.4. The van der Waals surface area contributed by atoms with Crippen LogP contribution in [0.25, 0.3) is 0 Å². The first-order valence-electron chi connectivity index (χ1n) is 10.3. The van der Waals surface area contributed by atoms with Gasteiger partial charge in [-0.3, -0.25) is 10.2 Å². The normalized spacial score (nSPS) is 43.2. The Morgan fingerprint density at radius 3 is 2.44 bits per heavy atom. The van der Waals surface area contributed by atoms with E-state index in [4.69, 9.17) is 4.74 Å². The summed E-state index contributed by atoms with van der Waals surface area (Å²) in [6.07, 6.45) is 12.6. The molecule has 0 aromatic carbocycles. The Balaban J connectivity index is 1.32. The van der Waals surface area contributed by atoms with E-state index in [2.05, 4.69) is 10.2 Å². The van der Waals surface area contributed by atoms with Crippen molar-refractivity contribution in [2.45, 2.75) is 81.3 Å². The zero-order valence-electron chi connectivity index (χ0n) is 15.5. The molecule has 3 saturated heterocycles. The monoisotopic (exact) mass is 370 g/mol. The highest BCUT2D eigenvalue weighted by atomic mass is 32.2. The third-order valence-corrected chi connectivity index (χ3v) is 8.90. The van der Waals surface area contributed by atoms with Crippen molar-refractivity contribution >= 4 is 9.84 Å². The summed E-state index contributed by atoms with van der Waals surface area (Å²) in [6.45, 7) is 3.23. The minimum atomic E-state index is -2.86. The largest absolute Gasteiger partial charge is 0.377 e. The molecule has 0 spiro atoms. The SMILES string of the molecule is CS(=O)(=O)C1CCC(C2CCC3CCN(CC4CCCO4)C3N2)CC1. The Hall–Kier alpha value is -0.170. The summed E-state index contributed by atoms with van der Waals surface area (Å²) in [5.74, 6) is 1.45. The molecule has 4 unspecified atom stereocenters. The summed E-state index contributed by atoms with van der Waals surface area (Å²) in [7, 11) is -2.86. The first kappa shape index (κ1) is 18.2. The highest BCUT2D eigenvalue weighted by Crippen LogP contribution is 2.38. The number of piperidine rings is 1. The van der Waals surface area contributed by atoms with E-state index in [9.17, 15) is 8.42 Å². The van der Waals surface area contributed by atoms with Crippen LogP contribution in [0.1, 0.15) is 57.8 Å². The maximum atomic E-state index is 11.8. The van der Waals surface area contributed by atoms with Crippen molar-refractivity contribution < 1.29 is 13.2 Å². The quantitative estimate of drug-likeness (QED) is 0.822. The van der Waals surface area contributed by atoms with Crippen LogP contribution in [0, 0.1) is 11.8 Å². The molecule has 0 radical (unpaired) electrons. The van der Waals surface area contributed by atoms with Crippen LogP contribution >= 0.6 is 0 Å². The van der Waals surface area contributed by atoms with Crippen LogP contribution in [0.2, 0.25) is 0 Å². The van der Waals surface area contributed by atoms with Crippen LogP contribution in [0.3, 0.4) is 0 Å². The molecule has 0 aromatic rings. The van der Waals surface area contributed by atoms with Crippen LogP contribution in [-0.4, -0.2) is 62.8 Å². The number of nitrogens with one attached hydrogen (secondary N) is 1. The van der Waals surface area contributed by atoms with Crippen LogP contribution in [0.15, 0.2) is 0 Å². The van der Waals surface area contributed by atoms with E-state index in [0.29, 0.717) is 24.2 Å². The lowest BCUT2D eigenvalue weighted by molar-refractivity contribution is 0.0413. The van der Waals surface area contributed by atoms with Crippen LogP contribution in [0.4, 0.5) is 0 Å². The van der Waals surface area contributed by atoms with Gasteiger partial charge in [0, 0.05) is 32.0 Å². The second kappa shape index (κ2) is 7.45. The molecule has 5 nitrogen and oxygen atoms in total. The maximum Gasteiger partial charge on any atom is 0.150 e. The number of fused-ring (bicyclic) bond motifs is 1. The third-order valence-electron chi connectivity index (χ3n) is 7.22. The number of nitrogens with zero attached hydrogens (tertiary/aromatic N) is 1. The molecule has 1 saturated carbocycles. The zero-order chi connectivity index (χ0) is 17.4. The predicted octanol–water partition coefficient (Wildman–Crippen LogP) is 2.17. The van der Waals surface area contributed by atoms with Gasteiger partial charge < -0.3 is 4.74 Å². The fourth-order valence-electron chi connectivity index (χ4n) is 5.71. The van der Waals surface area contributed by atoms with Crippen LogP contribution < -0.4 is 5.32 Å². The smallest absolute Gasteiger partial charge is 0.150 e. The standard InChI is InChI=1S/C19H34N2O3S/c1-25(22,23)17-7-4-14(5-8-17)18-9-6-15-10-11-21(19(15)20-18)13-16-3-2-12-24-16/h14-20H,2-13H2,1H3. The fraction of sp³-hybridized carbons (Fsp3) is 1.00. The van der Waals surface area contributed by atoms with Crippen molar-refractivity contribution in [2.24, 2.45) is 11.8 Å².